The van der Waals surface area contributed by atoms with E-state index in [1.807, 2.05) is 0 Å². The zero-order chi connectivity index (χ0) is 13.9. The fourth-order valence-corrected chi connectivity index (χ4v) is 2.60. The van der Waals surface area contributed by atoms with Gasteiger partial charge in [0.2, 0.25) is 0 Å². The Morgan fingerprint density at radius 1 is 1.21 bits per heavy atom. The van der Waals surface area contributed by atoms with E-state index >= 15 is 0 Å². The van der Waals surface area contributed by atoms with Gasteiger partial charge in [-0.15, -0.1) is 0 Å². The molecular formula is C14H18F3NO. The molecule has 0 saturated heterocycles. The third kappa shape index (κ3) is 3.70. The van der Waals surface area contributed by atoms with Crippen LogP contribution < -0.4 is 5.32 Å². The molecule has 1 aromatic rings. The summed E-state index contributed by atoms with van der Waals surface area (Å²) in [5.41, 5.74) is -0.336. The fourth-order valence-electron chi connectivity index (χ4n) is 2.60. The van der Waals surface area contributed by atoms with Crippen molar-refractivity contribution in [1.29, 1.82) is 0 Å². The molecule has 2 rings (SSSR count). The van der Waals surface area contributed by atoms with Gasteiger partial charge in [0.15, 0.2) is 0 Å². The van der Waals surface area contributed by atoms with Crippen LogP contribution in [0.25, 0.3) is 0 Å². The van der Waals surface area contributed by atoms with Crippen LogP contribution >= 0.6 is 0 Å². The number of hydrogen-bond acceptors (Lipinski definition) is 2. The minimum Gasteiger partial charge on any atom is -0.393 e. The topological polar surface area (TPSA) is 32.3 Å². The Morgan fingerprint density at radius 2 is 1.95 bits per heavy atom. The van der Waals surface area contributed by atoms with Gasteiger partial charge in [-0.2, -0.15) is 13.2 Å². The molecule has 0 aromatic heterocycles. The van der Waals surface area contributed by atoms with Crippen LogP contribution in [-0.2, 0) is 12.7 Å². The summed E-state index contributed by atoms with van der Waals surface area (Å²) in [6.45, 7) is 0.742. The third-order valence-corrected chi connectivity index (χ3v) is 3.66. The first-order valence-corrected chi connectivity index (χ1v) is 6.52. The van der Waals surface area contributed by atoms with Crippen molar-refractivity contribution in [2.75, 3.05) is 6.54 Å². The number of hydrogen-bond donors (Lipinski definition) is 2. The van der Waals surface area contributed by atoms with Crippen molar-refractivity contribution in [3.05, 3.63) is 35.4 Å². The summed E-state index contributed by atoms with van der Waals surface area (Å²) in [5.74, 6) is 0.165. The number of aliphatic hydroxyl groups is 1. The normalized spacial score (nSPS) is 23.8. The third-order valence-electron chi connectivity index (χ3n) is 3.66. The zero-order valence-corrected chi connectivity index (χ0v) is 10.6. The molecule has 0 bridgehead atoms. The highest BCUT2D eigenvalue weighted by molar-refractivity contribution is 5.29. The van der Waals surface area contributed by atoms with Crippen LogP contribution in [0, 0.1) is 5.92 Å². The molecule has 1 aliphatic rings. The summed E-state index contributed by atoms with van der Waals surface area (Å²) in [5, 5.41) is 12.7. The molecule has 2 nitrogen and oxygen atoms in total. The average Bonchev–Trinajstić information content (AvgIpc) is 2.75. The van der Waals surface area contributed by atoms with E-state index in [1.165, 1.54) is 12.1 Å². The molecule has 2 unspecified atom stereocenters. The molecule has 1 fully saturated rings. The van der Waals surface area contributed by atoms with Crippen molar-refractivity contribution in [1.82, 2.24) is 5.32 Å². The maximum atomic E-state index is 12.8. The van der Waals surface area contributed by atoms with Crippen molar-refractivity contribution in [3.63, 3.8) is 0 Å². The number of rotatable bonds is 4. The van der Waals surface area contributed by atoms with Gasteiger partial charge in [0.05, 0.1) is 11.7 Å². The van der Waals surface area contributed by atoms with Gasteiger partial charge in [0.1, 0.15) is 0 Å². The first kappa shape index (κ1) is 14.3. The lowest BCUT2D eigenvalue weighted by Crippen LogP contribution is -2.28. The molecule has 0 heterocycles. The fraction of sp³-hybridized carbons (Fsp3) is 0.571. The Bertz CT molecular complexity index is 419. The number of benzene rings is 1. The van der Waals surface area contributed by atoms with Crippen molar-refractivity contribution in [3.8, 4) is 0 Å². The second kappa shape index (κ2) is 5.92. The van der Waals surface area contributed by atoms with Gasteiger partial charge in [-0.1, -0.05) is 24.6 Å². The maximum Gasteiger partial charge on any atom is 0.416 e. The first-order valence-electron chi connectivity index (χ1n) is 6.52. The smallest absolute Gasteiger partial charge is 0.393 e. The summed E-state index contributed by atoms with van der Waals surface area (Å²) in [6.07, 6.45) is -1.90. The second-order valence-electron chi connectivity index (χ2n) is 5.04. The van der Waals surface area contributed by atoms with Crippen molar-refractivity contribution < 1.29 is 18.3 Å². The van der Waals surface area contributed by atoms with E-state index in [0.29, 0.717) is 6.54 Å². The minimum absolute atomic E-state index is 0.165. The molecule has 106 valence electrons. The largest absolute Gasteiger partial charge is 0.416 e. The maximum absolute atomic E-state index is 12.8. The van der Waals surface area contributed by atoms with E-state index < -0.39 is 11.7 Å². The van der Waals surface area contributed by atoms with Crippen LogP contribution in [0.2, 0.25) is 0 Å². The highest BCUT2D eigenvalue weighted by Gasteiger charge is 2.32. The van der Waals surface area contributed by atoms with Gasteiger partial charge in [-0.3, -0.25) is 0 Å². The summed E-state index contributed by atoms with van der Waals surface area (Å²) >= 11 is 0. The van der Waals surface area contributed by atoms with Gasteiger partial charge >= 0.3 is 6.18 Å². The van der Waals surface area contributed by atoms with E-state index in [1.54, 1.807) is 6.07 Å². The monoisotopic (exact) mass is 273 g/mol. The molecular weight excluding hydrogens is 255 g/mol. The van der Waals surface area contributed by atoms with Crippen LogP contribution in [0.3, 0.4) is 0 Å². The van der Waals surface area contributed by atoms with E-state index in [0.717, 1.165) is 25.3 Å². The Hall–Kier alpha value is -1.07. The lowest BCUT2D eigenvalue weighted by molar-refractivity contribution is -0.138. The van der Waals surface area contributed by atoms with E-state index in [2.05, 4.69) is 5.32 Å². The predicted octanol–water partition coefficient (Wildman–Crippen LogP) is 2.96. The summed E-state index contributed by atoms with van der Waals surface area (Å²) in [6, 6.07) is 5.59. The molecule has 2 atom stereocenters. The van der Waals surface area contributed by atoms with Gasteiger partial charge in [-0.25, -0.2) is 0 Å². The van der Waals surface area contributed by atoms with Crippen LogP contribution in [-0.4, -0.2) is 17.8 Å². The molecule has 5 heteroatoms. The average molecular weight is 273 g/mol. The minimum atomic E-state index is -4.31. The summed E-state index contributed by atoms with van der Waals surface area (Å²) < 4.78 is 38.3. The molecule has 1 aliphatic carbocycles. The van der Waals surface area contributed by atoms with Gasteiger partial charge in [-0.05, 0) is 30.4 Å². The van der Waals surface area contributed by atoms with Crippen molar-refractivity contribution in [2.24, 2.45) is 5.92 Å². The van der Waals surface area contributed by atoms with Gasteiger partial charge < -0.3 is 10.4 Å². The molecule has 1 aromatic carbocycles. The zero-order valence-electron chi connectivity index (χ0n) is 10.6. The molecule has 0 spiro atoms. The van der Waals surface area contributed by atoms with Crippen molar-refractivity contribution in [2.45, 2.75) is 38.1 Å². The van der Waals surface area contributed by atoms with E-state index in [4.69, 9.17) is 0 Å². The highest BCUT2D eigenvalue weighted by Crippen LogP contribution is 2.32. The Morgan fingerprint density at radius 3 is 2.58 bits per heavy atom. The molecule has 0 radical (unpaired) electrons. The van der Waals surface area contributed by atoms with Crippen LogP contribution in [0.4, 0.5) is 13.2 Å². The molecule has 1 saturated carbocycles. The Kier molecular flexibility index (Phi) is 4.47. The summed E-state index contributed by atoms with van der Waals surface area (Å²) in [4.78, 5) is 0. The Labute approximate surface area is 110 Å². The van der Waals surface area contributed by atoms with Crippen LogP contribution in [0.1, 0.15) is 30.4 Å². The molecule has 19 heavy (non-hydrogen) atoms. The second-order valence-corrected chi connectivity index (χ2v) is 5.04. The quantitative estimate of drug-likeness (QED) is 0.884. The van der Waals surface area contributed by atoms with E-state index in [9.17, 15) is 18.3 Å². The van der Waals surface area contributed by atoms with Crippen LogP contribution in [0.5, 0.6) is 0 Å². The lowest BCUT2D eigenvalue weighted by Gasteiger charge is -2.17. The lowest BCUT2D eigenvalue weighted by atomic mass is 10.0. The predicted molar refractivity (Wildman–Crippen MR) is 66.5 cm³/mol. The molecule has 0 amide bonds. The first-order chi connectivity index (χ1) is 8.98. The molecule has 2 N–H and O–H groups in total. The van der Waals surface area contributed by atoms with E-state index in [-0.39, 0.29) is 24.1 Å². The number of halogens is 3. The van der Waals surface area contributed by atoms with Crippen LogP contribution in [0.15, 0.2) is 24.3 Å². The van der Waals surface area contributed by atoms with Crippen molar-refractivity contribution >= 4 is 0 Å². The number of alkyl halides is 3. The Balaban J connectivity index is 1.92. The summed E-state index contributed by atoms with van der Waals surface area (Å²) in [7, 11) is 0. The molecule has 0 aliphatic heterocycles. The number of aliphatic hydroxyl groups excluding tert-OH is 1. The SMILES string of the molecule is OC1CCCC1CNCc1ccccc1C(F)(F)F. The van der Waals surface area contributed by atoms with Gasteiger partial charge in [0.25, 0.3) is 0 Å². The standard InChI is InChI=1S/C14H18F3NO/c15-14(16,17)12-6-2-1-4-10(12)8-18-9-11-5-3-7-13(11)19/h1-2,4,6,11,13,18-19H,3,5,7-9H2. The highest BCUT2D eigenvalue weighted by atomic mass is 19.4. The van der Waals surface area contributed by atoms with Gasteiger partial charge in [0, 0.05) is 13.1 Å². The number of nitrogens with one attached hydrogen (secondary N) is 1.